The number of primary amides is 2. The Bertz CT molecular complexity index is 1250. The summed E-state index contributed by atoms with van der Waals surface area (Å²) < 4.78 is 23.8. The topological polar surface area (TPSA) is 205 Å². The zero-order chi connectivity index (χ0) is 33.1. The third-order valence-electron chi connectivity index (χ3n) is 7.86. The van der Waals surface area contributed by atoms with Gasteiger partial charge in [-0.3, -0.25) is 10.6 Å². The van der Waals surface area contributed by atoms with E-state index < -0.39 is 60.8 Å². The fourth-order valence-corrected chi connectivity index (χ4v) is 3.95. The summed E-state index contributed by atoms with van der Waals surface area (Å²) in [4.78, 5) is 43.9. The van der Waals surface area contributed by atoms with Crippen molar-refractivity contribution in [1.82, 2.24) is 10.6 Å². The molecule has 0 radical (unpaired) electrons. The Hall–Kier alpha value is -4.11. The van der Waals surface area contributed by atoms with Crippen LogP contribution in [0, 0.1) is 0 Å². The number of hydrogen-bond donors (Lipinski definition) is 6. The first-order valence-electron chi connectivity index (χ1n) is 13.9. The van der Waals surface area contributed by atoms with Crippen molar-refractivity contribution in [3.8, 4) is 0 Å². The van der Waals surface area contributed by atoms with Crippen LogP contribution in [0.3, 0.4) is 0 Å². The van der Waals surface area contributed by atoms with E-state index in [0.29, 0.717) is 11.4 Å². The number of urea groups is 4. The first-order chi connectivity index (χ1) is 20.2. The van der Waals surface area contributed by atoms with Crippen molar-refractivity contribution >= 4 is 60.7 Å². The summed E-state index contributed by atoms with van der Waals surface area (Å²) in [6, 6.07) is 10.8. The number of anilines is 2. The van der Waals surface area contributed by atoms with Gasteiger partial charge in [-0.15, -0.1) is 0 Å². The molecule has 16 heteroatoms. The van der Waals surface area contributed by atoms with Crippen LogP contribution in [0.4, 0.5) is 30.6 Å². The van der Waals surface area contributed by atoms with E-state index in [0.717, 1.165) is 10.9 Å². The number of carbonyl (C=O) groups excluding carboxylic acids is 4. The Kier molecular flexibility index (Phi) is 10.0. The molecule has 0 aliphatic carbocycles. The van der Waals surface area contributed by atoms with Crippen LogP contribution in [0.15, 0.2) is 48.5 Å². The van der Waals surface area contributed by atoms with E-state index in [1.165, 1.54) is 0 Å². The molecule has 44 heavy (non-hydrogen) atoms. The second kappa shape index (κ2) is 12.9. The lowest BCUT2D eigenvalue weighted by Crippen LogP contribution is -2.41. The van der Waals surface area contributed by atoms with E-state index in [2.05, 4.69) is 10.6 Å². The lowest BCUT2D eigenvalue weighted by Gasteiger charge is -2.32. The minimum atomic E-state index is -0.911. The molecular formula is C28H40B2N6O8. The third kappa shape index (κ3) is 8.50. The monoisotopic (exact) mass is 610 g/mol. The standard InChI is InChI=1S/2C14H20BN3O4/c2*1-13(2)14(3,4)22-15(21-13)9-5-7-10(8-6-9)17-12(20)18-11(16)19/h2*5-8H,1-4H3,(H4,16,17,18,19,20). The molecule has 0 saturated carbocycles. The van der Waals surface area contributed by atoms with Gasteiger partial charge in [-0.1, -0.05) is 24.3 Å². The van der Waals surface area contributed by atoms with Gasteiger partial charge in [0.2, 0.25) is 0 Å². The van der Waals surface area contributed by atoms with Gasteiger partial charge in [0.25, 0.3) is 0 Å². The molecule has 0 aromatic heterocycles. The Labute approximate surface area is 257 Å². The van der Waals surface area contributed by atoms with E-state index in [9.17, 15) is 19.2 Å². The highest BCUT2D eigenvalue weighted by Crippen LogP contribution is 2.37. The van der Waals surface area contributed by atoms with E-state index in [1.54, 1.807) is 48.5 Å². The lowest BCUT2D eigenvalue weighted by atomic mass is 9.79. The Morgan fingerprint density at radius 3 is 1.00 bits per heavy atom. The SMILES string of the molecule is CC1(C)OB(c2ccc(NC(=O)NC(N)=O)cc2)OC1(C)C.CC1(C)OB(c2ccc(NC(=O)NC(N)=O)cc2)OC1(C)C. The van der Waals surface area contributed by atoms with Gasteiger partial charge in [0.05, 0.1) is 22.4 Å². The highest BCUT2D eigenvalue weighted by molar-refractivity contribution is 6.62. The first-order valence-corrected chi connectivity index (χ1v) is 13.9. The summed E-state index contributed by atoms with van der Waals surface area (Å²) in [6.45, 7) is 15.9. The number of hydrogen-bond acceptors (Lipinski definition) is 8. The number of nitrogens with one attached hydrogen (secondary N) is 4. The van der Waals surface area contributed by atoms with Crippen LogP contribution >= 0.6 is 0 Å². The second-order valence-corrected chi connectivity index (χ2v) is 12.3. The maximum absolute atomic E-state index is 11.4. The second-order valence-electron chi connectivity index (χ2n) is 12.3. The minimum Gasteiger partial charge on any atom is -0.399 e. The van der Waals surface area contributed by atoms with Crippen LogP contribution in [0.25, 0.3) is 0 Å². The smallest absolute Gasteiger partial charge is 0.399 e. The van der Waals surface area contributed by atoms with Crippen molar-refractivity contribution in [2.45, 2.75) is 77.8 Å². The van der Waals surface area contributed by atoms with Crippen molar-refractivity contribution in [2.24, 2.45) is 11.5 Å². The van der Waals surface area contributed by atoms with Crippen LogP contribution in [0.5, 0.6) is 0 Å². The molecule has 0 unspecified atom stereocenters. The van der Waals surface area contributed by atoms with E-state index in [1.807, 2.05) is 66.0 Å². The zero-order valence-corrected chi connectivity index (χ0v) is 26.2. The summed E-state index contributed by atoms with van der Waals surface area (Å²) in [6.07, 6.45) is 0. The van der Waals surface area contributed by atoms with Crippen molar-refractivity contribution in [1.29, 1.82) is 0 Å². The number of rotatable bonds is 4. The van der Waals surface area contributed by atoms with Gasteiger partial charge in [0, 0.05) is 11.4 Å². The van der Waals surface area contributed by atoms with Crippen LogP contribution in [0.1, 0.15) is 55.4 Å². The molecule has 2 fully saturated rings. The Morgan fingerprint density at radius 2 is 0.773 bits per heavy atom. The molecule has 2 saturated heterocycles. The van der Waals surface area contributed by atoms with Gasteiger partial charge in [-0.2, -0.15) is 0 Å². The normalized spacial score (nSPS) is 18.8. The number of amides is 8. The van der Waals surface area contributed by atoms with Crippen molar-refractivity contribution in [3.63, 3.8) is 0 Å². The molecule has 14 nitrogen and oxygen atoms in total. The minimum absolute atomic E-state index is 0.407. The number of benzene rings is 2. The predicted molar refractivity (Wildman–Crippen MR) is 168 cm³/mol. The van der Waals surface area contributed by atoms with E-state index in [-0.39, 0.29) is 0 Å². The number of nitrogens with two attached hydrogens (primary N) is 2. The summed E-state index contributed by atoms with van der Waals surface area (Å²) in [5, 5.41) is 8.83. The van der Waals surface area contributed by atoms with Crippen LogP contribution in [-0.2, 0) is 18.6 Å². The predicted octanol–water partition coefficient (Wildman–Crippen LogP) is 2.37. The van der Waals surface area contributed by atoms with Gasteiger partial charge in [-0.25, -0.2) is 19.2 Å². The molecule has 2 aliphatic rings. The highest BCUT2D eigenvalue weighted by atomic mass is 16.7. The molecule has 2 aromatic rings. The van der Waals surface area contributed by atoms with Crippen molar-refractivity contribution < 1.29 is 37.8 Å². The van der Waals surface area contributed by atoms with E-state index >= 15 is 0 Å². The number of imide groups is 2. The van der Waals surface area contributed by atoms with Crippen LogP contribution in [0.2, 0.25) is 0 Å². The Morgan fingerprint density at radius 1 is 0.523 bits per heavy atom. The molecular weight excluding hydrogens is 570 g/mol. The average Bonchev–Trinajstić information content (AvgIpc) is 3.23. The largest absolute Gasteiger partial charge is 0.494 e. The van der Waals surface area contributed by atoms with Crippen molar-refractivity contribution in [3.05, 3.63) is 48.5 Å². The fraction of sp³-hybridized carbons (Fsp3) is 0.429. The Balaban J connectivity index is 0.000000240. The molecule has 0 bridgehead atoms. The molecule has 2 aromatic carbocycles. The molecule has 0 spiro atoms. The van der Waals surface area contributed by atoms with Gasteiger partial charge < -0.3 is 40.7 Å². The lowest BCUT2D eigenvalue weighted by molar-refractivity contribution is 0.00578. The van der Waals surface area contributed by atoms with Gasteiger partial charge in [0.15, 0.2) is 0 Å². The van der Waals surface area contributed by atoms with Gasteiger partial charge in [0.1, 0.15) is 0 Å². The van der Waals surface area contributed by atoms with Crippen LogP contribution < -0.4 is 43.7 Å². The molecule has 4 rings (SSSR count). The maximum Gasteiger partial charge on any atom is 0.494 e. The van der Waals surface area contributed by atoms with Crippen molar-refractivity contribution in [2.75, 3.05) is 10.6 Å². The average molecular weight is 610 g/mol. The third-order valence-corrected chi connectivity index (χ3v) is 7.86. The maximum atomic E-state index is 11.4. The summed E-state index contributed by atoms with van der Waals surface area (Å²) in [5.74, 6) is 0. The van der Waals surface area contributed by atoms with Gasteiger partial charge in [-0.05, 0) is 90.6 Å². The summed E-state index contributed by atoms with van der Waals surface area (Å²) in [5.41, 5.74) is 10.8. The summed E-state index contributed by atoms with van der Waals surface area (Å²) >= 11 is 0. The zero-order valence-electron chi connectivity index (χ0n) is 26.2. The molecule has 236 valence electrons. The highest BCUT2D eigenvalue weighted by Gasteiger charge is 2.52. The summed E-state index contributed by atoms with van der Waals surface area (Å²) in [7, 11) is -0.919. The van der Waals surface area contributed by atoms with E-state index in [4.69, 9.17) is 30.1 Å². The van der Waals surface area contributed by atoms with Gasteiger partial charge >= 0.3 is 38.4 Å². The molecule has 8 amide bonds. The van der Waals surface area contributed by atoms with Crippen LogP contribution in [-0.4, -0.2) is 60.8 Å². The first kappa shape index (κ1) is 34.4. The molecule has 2 aliphatic heterocycles. The molecule has 2 heterocycles. The fourth-order valence-electron chi connectivity index (χ4n) is 3.95. The molecule has 0 atom stereocenters. The quantitative estimate of drug-likeness (QED) is 0.283. The molecule has 8 N–H and O–H groups in total. The number of carbonyl (C=O) groups is 4.